The molecule has 0 amide bonds. The molecule has 3 nitrogen and oxygen atoms in total. The van der Waals surface area contributed by atoms with E-state index < -0.39 is 6.10 Å². The summed E-state index contributed by atoms with van der Waals surface area (Å²) in [6.45, 7) is 4.13. The highest BCUT2D eigenvalue weighted by Gasteiger charge is 2.40. The van der Waals surface area contributed by atoms with E-state index in [0.717, 1.165) is 16.8 Å². The zero-order valence-electron chi connectivity index (χ0n) is 15.8. The van der Waals surface area contributed by atoms with Gasteiger partial charge in [-0.25, -0.2) is 4.39 Å². The van der Waals surface area contributed by atoms with Crippen LogP contribution in [0, 0.1) is 11.2 Å². The first-order valence-corrected chi connectivity index (χ1v) is 9.49. The van der Waals surface area contributed by atoms with Crippen LogP contribution in [0.3, 0.4) is 0 Å². The molecule has 2 aromatic carbocycles. The van der Waals surface area contributed by atoms with Gasteiger partial charge in [0.05, 0.1) is 11.4 Å². The summed E-state index contributed by atoms with van der Waals surface area (Å²) in [4.78, 5) is 18.0. The molecule has 4 heteroatoms. The quantitative estimate of drug-likeness (QED) is 0.645. The molecule has 1 N–H and O–H groups in total. The maximum Gasteiger partial charge on any atom is 0.165 e. The van der Waals surface area contributed by atoms with Crippen molar-refractivity contribution >= 4 is 5.78 Å². The molecular weight excluding hydrogens is 353 g/mol. The van der Waals surface area contributed by atoms with Crippen LogP contribution in [0.15, 0.2) is 48.5 Å². The molecule has 140 valence electrons. The summed E-state index contributed by atoms with van der Waals surface area (Å²) in [5.74, 6) is -0.366. The second-order valence-corrected chi connectivity index (χ2v) is 8.51. The van der Waals surface area contributed by atoms with Crippen LogP contribution in [-0.2, 0) is 6.42 Å². The van der Waals surface area contributed by atoms with Gasteiger partial charge in [0.2, 0.25) is 0 Å². The molecule has 2 aliphatic carbocycles. The first-order valence-electron chi connectivity index (χ1n) is 9.49. The minimum atomic E-state index is -0.884. The highest BCUT2D eigenvalue weighted by atomic mass is 19.1. The SMILES string of the molecule is CC1(C)CC(=O)c2c(nc3c(c2-c2cccc(F)c2)C(O)c2ccccc2-3)C1. The van der Waals surface area contributed by atoms with Crippen LogP contribution >= 0.6 is 0 Å². The molecule has 0 saturated heterocycles. The number of carbonyl (C=O) groups excluding carboxylic acids is 1. The van der Waals surface area contributed by atoms with Crippen molar-refractivity contribution in [1.29, 1.82) is 0 Å². The minimum Gasteiger partial charge on any atom is -0.384 e. The summed E-state index contributed by atoms with van der Waals surface area (Å²) < 4.78 is 14.1. The standard InChI is InChI=1S/C24H20FNO2/c1-24(2)11-17-20(18(27)12-24)19(13-6-5-7-14(25)10-13)21-22(26-17)15-8-3-4-9-16(15)23(21)28/h3-10,23,28H,11-12H2,1-2H3. The van der Waals surface area contributed by atoms with Crippen molar-refractivity contribution < 1.29 is 14.3 Å². The van der Waals surface area contributed by atoms with Gasteiger partial charge >= 0.3 is 0 Å². The number of hydrogen-bond acceptors (Lipinski definition) is 3. The lowest BCUT2D eigenvalue weighted by Gasteiger charge is -2.32. The van der Waals surface area contributed by atoms with Crippen LogP contribution in [-0.4, -0.2) is 15.9 Å². The zero-order valence-corrected chi connectivity index (χ0v) is 15.8. The minimum absolute atomic E-state index is 0.00367. The molecule has 0 spiro atoms. The van der Waals surface area contributed by atoms with Gasteiger partial charge in [-0.1, -0.05) is 50.2 Å². The van der Waals surface area contributed by atoms with E-state index in [1.807, 2.05) is 24.3 Å². The second kappa shape index (κ2) is 5.82. The van der Waals surface area contributed by atoms with Gasteiger partial charge in [-0.05, 0) is 35.1 Å². The summed E-state index contributed by atoms with van der Waals surface area (Å²) in [6.07, 6.45) is 0.193. The van der Waals surface area contributed by atoms with Gasteiger partial charge in [-0.3, -0.25) is 9.78 Å². The van der Waals surface area contributed by atoms with E-state index in [0.29, 0.717) is 40.8 Å². The van der Waals surface area contributed by atoms with E-state index in [9.17, 15) is 14.3 Å². The van der Waals surface area contributed by atoms with E-state index in [1.54, 1.807) is 12.1 Å². The Labute approximate surface area is 162 Å². The molecule has 1 unspecified atom stereocenters. The highest BCUT2D eigenvalue weighted by Crippen LogP contribution is 2.50. The normalized spacial score (nSPS) is 19.1. The van der Waals surface area contributed by atoms with Crippen LogP contribution in [0.4, 0.5) is 4.39 Å². The number of halogens is 1. The topological polar surface area (TPSA) is 50.2 Å². The lowest BCUT2D eigenvalue weighted by Crippen LogP contribution is -2.29. The van der Waals surface area contributed by atoms with Crippen LogP contribution in [0.2, 0.25) is 0 Å². The van der Waals surface area contributed by atoms with Crippen molar-refractivity contribution in [3.8, 4) is 22.4 Å². The van der Waals surface area contributed by atoms with Crippen molar-refractivity contribution in [1.82, 2.24) is 4.98 Å². The molecule has 0 fully saturated rings. The van der Waals surface area contributed by atoms with Gasteiger partial charge in [0.15, 0.2) is 5.78 Å². The largest absolute Gasteiger partial charge is 0.384 e. The Hall–Kier alpha value is -2.85. The molecular formula is C24H20FNO2. The Kier molecular flexibility index (Phi) is 3.59. The fraction of sp³-hybridized carbons (Fsp3) is 0.250. The molecule has 1 aromatic heterocycles. The first-order chi connectivity index (χ1) is 13.4. The number of Topliss-reactive ketones (excluding diaryl/α,β-unsaturated/α-hetero) is 1. The van der Waals surface area contributed by atoms with Crippen molar-refractivity contribution in [3.05, 3.63) is 76.7 Å². The Balaban J connectivity index is 1.89. The Morgan fingerprint density at radius 3 is 2.64 bits per heavy atom. The number of aromatic nitrogens is 1. The van der Waals surface area contributed by atoms with Crippen LogP contribution in [0.5, 0.6) is 0 Å². The summed E-state index contributed by atoms with van der Waals surface area (Å²) in [5, 5.41) is 11.1. The lowest BCUT2D eigenvalue weighted by molar-refractivity contribution is 0.0911. The lowest BCUT2D eigenvalue weighted by atomic mass is 9.73. The number of rotatable bonds is 1. The molecule has 1 heterocycles. The fourth-order valence-electron chi connectivity index (χ4n) is 4.64. The molecule has 5 rings (SSSR count). The van der Waals surface area contributed by atoms with E-state index in [1.165, 1.54) is 12.1 Å². The van der Waals surface area contributed by atoms with E-state index >= 15 is 0 Å². The highest BCUT2D eigenvalue weighted by molar-refractivity contribution is 6.07. The van der Waals surface area contributed by atoms with Crippen LogP contribution < -0.4 is 0 Å². The van der Waals surface area contributed by atoms with Gasteiger partial charge in [0.25, 0.3) is 0 Å². The molecule has 1 atom stereocenters. The third kappa shape index (κ3) is 2.45. The van der Waals surface area contributed by atoms with Crippen molar-refractivity contribution in [2.75, 3.05) is 0 Å². The van der Waals surface area contributed by atoms with Gasteiger partial charge in [0, 0.05) is 28.7 Å². The third-order valence-corrected chi connectivity index (χ3v) is 5.77. The van der Waals surface area contributed by atoms with Gasteiger partial charge in [-0.15, -0.1) is 0 Å². The number of carbonyl (C=O) groups is 1. The summed E-state index contributed by atoms with van der Waals surface area (Å²) in [5.41, 5.74) is 5.29. The third-order valence-electron chi connectivity index (χ3n) is 5.77. The van der Waals surface area contributed by atoms with Crippen molar-refractivity contribution in [2.45, 2.75) is 32.8 Å². The number of aliphatic hydroxyl groups is 1. The van der Waals surface area contributed by atoms with Crippen LogP contribution in [0.1, 0.15) is 53.6 Å². The summed E-state index contributed by atoms with van der Waals surface area (Å²) in [6, 6.07) is 13.9. The van der Waals surface area contributed by atoms with Crippen molar-refractivity contribution in [2.24, 2.45) is 5.41 Å². The number of nitrogens with zero attached hydrogens (tertiary/aromatic N) is 1. The number of pyridine rings is 1. The first kappa shape index (κ1) is 17.3. The number of aliphatic hydroxyl groups excluding tert-OH is 1. The Bertz CT molecular complexity index is 1150. The number of hydrogen-bond donors (Lipinski definition) is 1. The Morgan fingerprint density at radius 2 is 1.86 bits per heavy atom. The number of ketones is 1. The molecule has 3 aromatic rings. The predicted octanol–water partition coefficient (Wildman–Crippen LogP) is 5.10. The summed E-state index contributed by atoms with van der Waals surface area (Å²) in [7, 11) is 0. The monoisotopic (exact) mass is 373 g/mol. The van der Waals surface area contributed by atoms with Gasteiger partial charge < -0.3 is 5.11 Å². The second-order valence-electron chi connectivity index (χ2n) is 8.51. The average molecular weight is 373 g/mol. The number of fused-ring (bicyclic) bond motifs is 4. The van der Waals surface area contributed by atoms with Crippen molar-refractivity contribution in [3.63, 3.8) is 0 Å². The maximum atomic E-state index is 14.1. The molecule has 0 saturated carbocycles. The number of benzene rings is 2. The Morgan fingerprint density at radius 1 is 1.07 bits per heavy atom. The fourth-order valence-corrected chi connectivity index (χ4v) is 4.64. The van der Waals surface area contributed by atoms with Crippen LogP contribution in [0.25, 0.3) is 22.4 Å². The summed E-state index contributed by atoms with van der Waals surface area (Å²) >= 11 is 0. The van der Waals surface area contributed by atoms with Gasteiger partial charge in [0.1, 0.15) is 11.9 Å². The molecule has 28 heavy (non-hydrogen) atoms. The molecule has 0 radical (unpaired) electrons. The predicted molar refractivity (Wildman–Crippen MR) is 106 cm³/mol. The molecule has 2 aliphatic rings. The van der Waals surface area contributed by atoms with E-state index in [4.69, 9.17) is 4.98 Å². The van der Waals surface area contributed by atoms with Gasteiger partial charge in [-0.2, -0.15) is 0 Å². The molecule has 0 bridgehead atoms. The van der Waals surface area contributed by atoms with E-state index in [2.05, 4.69) is 13.8 Å². The zero-order chi connectivity index (χ0) is 19.6. The maximum absolute atomic E-state index is 14.1. The smallest absolute Gasteiger partial charge is 0.165 e. The molecule has 0 aliphatic heterocycles. The average Bonchev–Trinajstić information content (AvgIpc) is 2.92. The van der Waals surface area contributed by atoms with E-state index in [-0.39, 0.29) is 17.0 Å².